The van der Waals surface area contributed by atoms with Gasteiger partial charge in [0.2, 0.25) is 5.91 Å². The highest BCUT2D eigenvalue weighted by atomic mass is 19.4. The van der Waals surface area contributed by atoms with Crippen LogP contribution in [0.3, 0.4) is 0 Å². The third-order valence-electron chi connectivity index (χ3n) is 3.88. The zero-order valence-corrected chi connectivity index (χ0v) is 14.4. The van der Waals surface area contributed by atoms with Crippen LogP contribution in [0.25, 0.3) is 0 Å². The first-order valence-corrected chi connectivity index (χ1v) is 7.70. The molecule has 144 valence electrons. The minimum absolute atomic E-state index is 0.0957. The quantitative estimate of drug-likeness (QED) is 0.448. The van der Waals surface area contributed by atoms with E-state index in [2.05, 4.69) is 10.1 Å². The van der Waals surface area contributed by atoms with E-state index in [1.165, 1.54) is 38.1 Å². The number of nitrogens with zero attached hydrogens (tertiary/aromatic N) is 1. The number of non-ortho nitro benzene ring substituents is 1. The van der Waals surface area contributed by atoms with Crippen LogP contribution in [-0.4, -0.2) is 29.6 Å². The number of nitro benzene ring substituents is 1. The maximum atomic E-state index is 12.2. The van der Waals surface area contributed by atoms with Gasteiger partial charge in [0.25, 0.3) is 5.69 Å². The Kier molecular flexibility index (Phi) is 7.10. The number of amides is 1. The van der Waals surface area contributed by atoms with Gasteiger partial charge < -0.3 is 10.1 Å². The zero-order chi connectivity index (χ0) is 20.1. The molecule has 1 rings (SSSR count). The maximum absolute atomic E-state index is 12.2. The molecule has 1 aromatic rings. The van der Waals surface area contributed by atoms with Gasteiger partial charge in [0.15, 0.2) is 6.61 Å². The number of benzene rings is 1. The first-order chi connectivity index (χ1) is 11.9. The van der Waals surface area contributed by atoms with Crippen LogP contribution in [0.5, 0.6) is 0 Å². The molecule has 0 heterocycles. The van der Waals surface area contributed by atoms with Gasteiger partial charge in [-0.25, -0.2) is 0 Å². The molecule has 0 aliphatic rings. The van der Waals surface area contributed by atoms with Crippen LogP contribution in [0.4, 0.5) is 18.9 Å². The SMILES string of the molecule is CC(NC(=O)C(C)C(C)C(=O)OCC(F)(F)F)c1ccc([N+](=O)[O-])cc1. The second kappa shape index (κ2) is 8.63. The van der Waals surface area contributed by atoms with E-state index >= 15 is 0 Å². The summed E-state index contributed by atoms with van der Waals surface area (Å²) in [4.78, 5) is 33.9. The molecule has 0 saturated heterocycles. The lowest BCUT2D eigenvalue weighted by molar-refractivity contribution is -0.384. The summed E-state index contributed by atoms with van der Waals surface area (Å²) >= 11 is 0. The molecular formula is C16H19F3N2O5. The van der Waals surface area contributed by atoms with Gasteiger partial charge in [-0.15, -0.1) is 0 Å². The van der Waals surface area contributed by atoms with Gasteiger partial charge in [-0.05, 0) is 12.5 Å². The molecule has 0 aromatic heterocycles. The fourth-order valence-electron chi connectivity index (χ4n) is 2.03. The average molecular weight is 376 g/mol. The molecule has 0 spiro atoms. The molecule has 7 nitrogen and oxygen atoms in total. The van der Waals surface area contributed by atoms with Crippen molar-refractivity contribution in [2.24, 2.45) is 11.8 Å². The lowest BCUT2D eigenvalue weighted by Crippen LogP contribution is -2.37. The number of esters is 1. The number of hydrogen-bond donors (Lipinski definition) is 1. The summed E-state index contributed by atoms with van der Waals surface area (Å²) in [7, 11) is 0. The minimum atomic E-state index is -4.63. The molecule has 26 heavy (non-hydrogen) atoms. The van der Waals surface area contributed by atoms with Crippen LogP contribution >= 0.6 is 0 Å². The van der Waals surface area contributed by atoms with E-state index in [1.54, 1.807) is 6.92 Å². The largest absolute Gasteiger partial charge is 0.456 e. The Balaban J connectivity index is 2.64. The van der Waals surface area contributed by atoms with Gasteiger partial charge >= 0.3 is 12.1 Å². The number of halogens is 3. The van der Waals surface area contributed by atoms with Gasteiger partial charge in [-0.1, -0.05) is 26.0 Å². The van der Waals surface area contributed by atoms with E-state index in [1.807, 2.05) is 0 Å². The van der Waals surface area contributed by atoms with Crippen LogP contribution < -0.4 is 5.32 Å². The topological polar surface area (TPSA) is 98.5 Å². The Hall–Kier alpha value is -2.65. The van der Waals surface area contributed by atoms with Gasteiger partial charge in [-0.2, -0.15) is 13.2 Å². The number of alkyl halides is 3. The van der Waals surface area contributed by atoms with Crippen molar-refractivity contribution in [1.82, 2.24) is 5.32 Å². The smallest absolute Gasteiger partial charge is 0.422 e. The molecule has 1 aromatic carbocycles. The highest BCUT2D eigenvalue weighted by Gasteiger charge is 2.33. The van der Waals surface area contributed by atoms with Gasteiger partial charge in [0.1, 0.15) is 0 Å². The number of carbonyl (C=O) groups excluding carboxylic acids is 2. The van der Waals surface area contributed by atoms with Crippen LogP contribution in [0, 0.1) is 22.0 Å². The molecule has 0 bridgehead atoms. The Morgan fingerprint density at radius 1 is 1.15 bits per heavy atom. The Morgan fingerprint density at radius 2 is 1.69 bits per heavy atom. The highest BCUT2D eigenvalue weighted by Crippen LogP contribution is 2.21. The molecule has 1 N–H and O–H groups in total. The fraction of sp³-hybridized carbons (Fsp3) is 0.500. The fourth-order valence-corrected chi connectivity index (χ4v) is 2.03. The maximum Gasteiger partial charge on any atom is 0.422 e. The monoisotopic (exact) mass is 376 g/mol. The molecule has 1 amide bonds. The normalized spacial score (nSPS) is 14.8. The lowest BCUT2D eigenvalue weighted by Gasteiger charge is -2.21. The number of nitrogens with one attached hydrogen (secondary N) is 1. The van der Waals surface area contributed by atoms with E-state index in [9.17, 15) is 32.9 Å². The zero-order valence-electron chi connectivity index (χ0n) is 14.4. The van der Waals surface area contributed by atoms with Gasteiger partial charge in [0.05, 0.1) is 16.9 Å². The van der Waals surface area contributed by atoms with Crippen molar-refractivity contribution in [2.75, 3.05) is 6.61 Å². The molecule has 0 fully saturated rings. The average Bonchev–Trinajstić information content (AvgIpc) is 2.57. The van der Waals surface area contributed by atoms with E-state index in [4.69, 9.17) is 0 Å². The highest BCUT2D eigenvalue weighted by molar-refractivity contribution is 5.85. The van der Waals surface area contributed by atoms with Crippen molar-refractivity contribution in [3.63, 3.8) is 0 Å². The van der Waals surface area contributed by atoms with Gasteiger partial charge in [-0.3, -0.25) is 19.7 Å². The van der Waals surface area contributed by atoms with E-state index < -0.39 is 47.5 Å². The third-order valence-corrected chi connectivity index (χ3v) is 3.88. The van der Waals surface area contributed by atoms with Crippen molar-refractivity contribution in [1.29, 1.82) is 0 Å². The summed E-state index contributed by atoms with van der Waals surface area (Å²) < 4.78 is 40.4. The Bertz CT molecular complexity index is 661. The molecule has 0 saturated carbocycles. The van der Waals surface area contributed by atoms with E-state index in [-0.39, 0.29) is 5.69 Å². The molecule has 0 aliphatic carbocycles. The standard InChI is InChI=1S/C16H19F3N2O5/c1-9(10(2)15(23)26-8-16(17,18)19)14(22)20-11(3)12-4-6-13(7-5-12)21(24)25/h4-7,9-11H,8H2,1-3H3,(H,20,22). The van der Waals surface area contributed by atoms with Crippen LogP contribution in [0.15, 0.2) is 24.3 Å². The van der Waals surface area contributed by atoms with Crippen LogP contribution in [0.2, 0.25) is 0 Å². The number of hydrogen-bond acceptors (Lipinski definition) is 5. The van der Waals surface area contributed by atoms with Crippen molar-refractivity contribution in [3.05, 3.63) is 39.9 Å². The minimum Gasteiger partial charge on any atom is -0.456 e. The number of rotatable bonds is 7. The lowest BCUT2D eigenvalue weighted by atomic mass is 9.94. The van der Waals surface area contributed by atoms with E-state index in [0.717, 1.165) is 0 Å². The summed E-state index contributed by atoms with van der Waals surface area (Å²) in [5, 5.41) is 13.2. The summed E-state index contributed by atoms with van der Waals surface area (Å²) in [6.07, 6.45) is -4.63. The van der Waals surface area contributed by atoms with Crippen molar-refractivity contribution < 1.29 is 32.4 Å². The third kappa shape index (κ3) is 6.34. The van der Waals surface area contributed by atoms with Crippen LogP contribution in [0.1, 0.15) is 32.4 Å². The molecule has 0 radical (unpaired) electrons. The first-order valence-electron chi connectivity index (χ1n) is 7.70. The summed E-state index contributed by atoms with van der Waals surface area (Å²) in [5.41, 5.74) is 0.505. The Morgan fingerprint density at radius 3 is 2.15 bits per heavy atom. The summed E-state index contributed by atoms with van der Waals surface area (Å²) in [6.45, 7) is 2.64. The van der Waals surface area contributed by atoms with Gasteiger partial charge in [0, 0.05) is 18.1 Å². The molecular weight excluding hydrogens is 357 g/mol. The predicted molar refractivity (Wildman–Crippen MR) is 85.0 cm³/mol. The molecule has 3 unspecified atom stereocenters. The second-order valence-electron chi connectivity index (χ2n) is 5.88. The van der Waals surface area contributed by atoms with Crippen molar-refractivity contribution in [3.8, 4) is 0 Å². The number of carbonyl (C=O) groups is 2. The molecule has 10 heteroatoms. The van der Waals surface area contributed by atoms with E-state index in [0.29, 0.717) is 5.56 Å². The van der Waals surface area contributed by atoms with Crippen molar-refractivity contribution >= 4 is 17.6 Å². The predicted octanol–water partition coefficient (Wildman–Crippen LogP) is 3.15. The van der Waals surface area contributed by atoms with Crippen LogP contribution in [-0.2, 0) is 14.3 Å². The molecule has 3 atom stereocenters. The first kappa shape index (κ1) is 21.4. The molecule has 0 aliphatic heterocycles. The number of ether oxygens (including phenoxy) is 1. The Labute approximate surface area is 147 Å². The second-order valence-corrected chi connectivity index (χ2v) is 5.88. The van der Waals surface area contributed by atoms with Crippen molar-refractivity contribution in [2.45, 2.75) is 33.0 Å². The number of nitro groups is 1. The summed E-state index contributed by atoms with van der Waals surface area (Å²) in [6, 6.07) is 5.03. The summed E-state index contributed by atoms with van der Waals surface area (Å²) in [5.74, 6) is -3.65.